The molecule has 0 aromatic carbocycles. The highest BCUT2D eigenvalue weighted by Crippen LogP contribution is 2.41. The Balaban J connectivity index is 2.38. The zero-order valence-electron chi connectivity index (χ0n) is 8.76. The standard InChI is InChI=1S/C9H18N2OS3/c1-11(15)5-4-7(6-2-3-6)8(13)10-9(12)14/h6-8,13,15H,2-5H2,1H3,(H2,10,12,14). The van der Waals surface area contributed by atoms with E-state index in [9.17, 15) is 4.79 Å². The van der Waals surface area contributed by atoms with Crippen LogP contribution < -0.4 is 5.32 Å². The van der Waals surface area contributed by atoms with Crippen molar-refractivity contribution in [1.82, 2.24) is 9.62 Å². The predicted molar refractivity (Wildman–Crippen MR) is 72.7 cm³/mol. The van der Waals surface area contributed by atoms with Crippen molar-refractivity contribution in [3.63, 3.8) is 0 Å². The molecule has 0 aliphatic heterocycles. The molecule has 0 bridgehead atoms. The molecule has 0 radical (unpaired) electrons. The molecule has 6 heteroatoms. The number of amides is 1. The van der Waals surface area contributed by atoms with Crippen molar-refractivity contribution in [3.8, 4) is 0 Å². The molecule has 1 aliphatic rings. The van der Waals surface area contributed by atoms with Crippen molar-refractivity contribution in [1.29, 1.82) is 0 Å². The minimum Gasteiger partial charge on any atom is -0.335 e. The van der Waals surface area contributed by atoms with Gasteiger partial charge in [0.2, 0.25) is 0 Å². The van der Waals surface area contributed by atoms with Crippen molar-refractivity contribution in [3.05, 3.63) is 0 Å². The minimum atomic E-state index is -0.306. The van der Waals surface area contributed by atoms with Gasteiger partial charge in [-0.05, 0) is 38.1 Å². The molecule has 0 heterocycles. The molecular weight excluding hydrogens is 248 g/mol. The van der Waals surface area contributed by atoms with Gasteiger partial charge in [-0.3, -0.25) is 9.10 Å². The maximum atomic E-state index is 10.8. The van der Waals surface area contributed by atoms with Crippen LogP contribution in [0.25, 0.3) is 0 Å². The summed E-state index contributed by atoms with van der Waals surface area (Å²) in [5.41, 5.74) is 0. The maximum Gasteiger partial charge on any atom is 0.276 e. The van der Waals surface area contributed by atoms with Crippen LogP contribution in [0.5, 0.6) is 0 Å². The van der Waals surface area contributed by atoms with Gasteiger partial charge < -0.3 is 5.32 Å². The van der Waals surface area contributed by atoms with Gasteiger partial charge in [0.05, 0.1) is 5.37 Å². The smallest absolute Gasteiger partial charge is 0.276 e. The number of carbonyl (C=O) groups excluding carboxylic acids is 1. The number of carbonyl (C=O) groups is 1. The van der Waals surface area contributed by atoms with E-state index >= 15 is 0 Å². The first-order valence-corrected chi connectivity index (χ1v) is 6.44. The SMILES string of the molecule is CN(S)CCC(C1CC1)C(S)NC(=O)S. The molecule has 0 aromatic heterocycles. The summed E-state index contributed by atoms with van der Waals surface area (Å²) in [6.45, 7) is 0.907. The highest BCUT2D eigenvalue weighted by Gasteiger charge is 2.35. The molecule has 1 aliphatic carbocycles. The second kappa shape index (κ2) is 6.27. The van der Waals surface area contributed by atoms with Gasteiger partial charge in [-0.25, -0.2) is 0 Å². The molecule has 1 N–H and O–H groups in total. The van der Waals surface area contributed by atoms with Crippen molar-refractivity contribution < 1.29 is 4.79 Å². The van der Waals surface area contributed by atoms with Crippen LogP contribution in [0.4, 0.5) is 4.79 Å². The fourth-order valence-electron chi connectivity index (χ4n) is 1.75. The van der Waals surface area contributed by atoms with Gasteiger partial charge in [0, 0.05) is 6.54 Å². The average molecular weight is 266 g/mol. The summed E-state index contributed by atoms with van der Waals surface area (Å²) in [6.07, 6.45) is 3.51. The Kier molecular flexibility index (Phi) is 5.66. The molecule has 88 valence electrons. The third-order valence-electron chi connectivity index (χ3n) is 2.69. The van der Waals surface area contributed by atoms with E-state index in [4.69, 9.17) is 0 Å². The molecule has 15 heavy (non-hydrogen) atoms. The molecular formula is C9H18N2OS3. The second-order valence-electron chi connectivity index (χ2n) is 4.07. The first-order chi connectivity index (χ1) is 7.00. The van der Waals surface area contributed by atoms with Crippen molar-refractivity contribution >= 4 is 43.3 Å². The molecule has 2 atom stereocenters. The topological polar surface area (TPSA) is 32.3 Å². The number of hydrogen-bond donors (Lipinski definition) is 4. The van der Waals surface area contributed by atoms with Crippen LogP contribution in [0, 0.1) is 11.8 Å². The Hall–Kier alpha value is 0.480. The third kappa shape index (κ3) is 5.38. The summed E-state index contributed by atoms with van der Waals surface area (Å²) in [6, 6.07) is 0. The number of rotatable bonds is 6. The van der Waals surface area contributed by atoms with Gasteiger partial charge in [-0.15, -0.1) is 0 Å². The Bertz CT molecular complexity index is 221. The van der Waals surface area contributed by atoms with Crippen LogP contribution in [0.1, 0.15) is 19.3 Å². The van der Waals surface area contributed by atoms with E-state index < -0.39 is 0 Å². The molecule has 1 fully saturated rings. The first kappa shape index (κ1) is 13.5. The molecule has 2 unspecified atom stereocenters. The Morgan fingerprint density at radius 3 is 2.60 bits per heavy atom. The molecule has 1 rings (SSSR count). The van der Waals surface area contributed by atoms with E-state index in [-0.39, 0.29) is 10.6 Å². The number of hydrogen-bond acceptors (Lipinski definition) is 4. The first-order valence-electron chi connectivity index (χ1n) is 5.08. The van der Waals surface area contributed by atoms with Gasteiger partial charge in [-0.1, -0.05) is 25.4 Å². The van der Waals surface area contributed by atoms with Gasteiger partial charge >= 0.3 is 0 Å². The van der Waals surface area contributed by atoms with Crippen molar-refractivity contribution in [2.75, 3.05) is 13.6 Å². The Labute approximate surface area is 108 Å². The largest absolute Gasteiger partial charge is 0.335 e. The van der Waals surface area contributed by atoms with Crippen LogP contribution >= 0.6 is 38.1 Å². The Morgan fingerprint density at radius 2 is 2.20 bits per heavy atom. The summed E-state index contributed by atoms with van der Waals surface area (Å²) in [5.74, 6) is 1.14. The number of nitrogens with one attached hydrogen (secondary N) is 1. The van der Waals surface area contributed by atoms with Crippen LogP contribution in [-0.2, 0) is 0 Å². The lowest BCUT2D eigenvalue weighted by Gasteiger charge is -2.24. The van der Waals surface area contributed by atoms with E-state index in [1.165, 1.54) is 12.8 Å². The average Bonchev–Trinajstić information content (AvgIpc) is 2.86. The van der Waals surface area contributed by atoms with Gasteiger partial charge in [0.25, 0.3) is 5.24 Å². The normalized spacial score (nSPS) is 20.1. The third-order valence-corrected chi connectivity index (χ3v) is 3.53. The van der Waals surface area contributed by atoms with Crippen molar-refractivity contribution in [2.45, 2.75) is 24.6 Å². The van der Waals surface area contributed by atoms with Crippen LogP contribution in [0.15, 0.2) is 0 Å². The van der Waals surface area contributed by atoms with E-state index in [0.29, 0.717) is 11.8 Å². The minimum absolute atomic E-state index is 0.0872. The summed E-state index contributed by atoms with van der Waals surface area (Å²) in [5, 5.41) is 2.34. The molecule has 0 spiro atoms. The fraction of sp³-hybridized carbons (Fsp3) is 0.889. The quantitative estimate of drug-likeness (QED) is 0.438. The fourth-order valence-corrected chi connectivity index (χ4v) is 2.61. The highest BCUT2D eigenvalue weighted by atomic mass is 32.1. The molecule has 1 amide bonds. The number of nitrogens with zero attached hydrogens (tertiary/aromatic N) is 1. The summed E-state index contributed by atoms with van der Waals surface area (Å²) in [4.78, 5) is 10.8. The maximum absolute atomic E-state index is 10.8. The van der Waals surface area contributed by atoms with Gasteiger partial charge in [0.15, 0.2) is 0 Å². The summed E-state index contributed by atoms with van der Waals surface area (Å²) >= 11 is 12.3. The predicted octanol–water partition coefficient (Wildman–Crippen LogP) is 2.07. The zero-order chi connectivity index (χ0) is 11.4. The van der Waals surface area contributed by atoms with Gasteiger partial charge in [-0.2, -0.15) is 12.6 Å². The Morgan fingerprint density at radius 1 is 1.60 bits per heavy atom. The highest BCUT2D eigenvalue weighted by molar-refractivity contribution is 7.96. The van der Waals surface area contributed by atoms with Crippen molar-refractivity contribution in [2.24, 2.45) is 11.8 Å². The number of thiol groups is 3. The molecule has 0 saturated heterocycles. The zero-order valence-corrected chi connectivity index (χ0v) is 11.4. The molecule has 1 saturated carbocycles. The summed E-state index contributed by atoms with van der Waals surface area (Å²) < 4.78 is 1.86. The monoisotopic (exact) mass is 266 g/mol. The van der Waals surface area contributed by atoms with Crippen LogP contribution in [0.3, 0.4) is 0 Å². The van der Waals surface area contributed by atoms with Crippen LogP contribution in [-0.4, -0.2) is 28.5 Å². The molecule has 3 nitrogen and oxygen atoms in total. The van der Waals surface area contributed by atoms with Crippen LogP contribution in [0.2, 0.25) is 0 Å². The molecule has 0 aromatic rings. The second-order valence-corrected chi connectivity index (χ2v) is 5.71. The van der Waals surface area contributed by atoms with E-state index in [1.54, 1.807) is 0 Å². The lowest BCUT2D eigenvalue weighted by Crippen LogP contribution is -2.35. The van der Waals surface area contributed by atoms with E-state index in [1.807, 2.05) is 11.4 Å². The van der Waals surface area contributed by atoms with E-state index in [0.717, 1.165) is 13.0 Å². The van der Waals surface area contributed by atoms with Gasteiger partial charge in [0.1, 0.15) is 0 Å². The van der Waals surface area contributed by atoms with E-state index in [2.05, 4.69) is 43.4 Å². The lowest BCUT2D eigenvalue weighted by molar-refractivity contribution is 0.255. The lowest BCUT2D eigenvalue weighted by atomic mass is 9.99. The summed E-state index contributed by atoms with van der Waals surface area (Å²) in [7, 11) is 1.93.